The molecule has 0 atom stereocenters. The fourth-order valence-corrected chi connectivity index (χ4v) is 1.64. The summed E-state index contributed by atoms with van der Waals surface area (Å²) in [5, 5.41) is 11.9. The summed E-state index contributed by atoms with van der Waals surface area (Å²) in [7, 11) is 0. The number of hydrogen-bond donors (Lipinski definition) is 3. The molecule has 3 N–H and O–H groups in total. The maximum Gasteiger partial charge on any atom is 0.256 e. The van der Waals surface area contributed by atoms with Gasteiger partial charge in [-0.2, -0.15) is 0 Å². The van der Waals surface area contributed by atoms with E-state index in [0.717, 1.165) is 17.7 Å². The van der Waals surface area contributed by atoms with Crippen LogP contribution in [0.2, 0.25) is 5.15 Å². The van der Waals surface area contributed by atoms with Crippen LogP contribution in [0.15, 0.2) is 29.2 Å². The average molecular weight is 280 g/mol. The standard InChI is InChI=1S/C12H10ClN3O3/c1-6-2-8(11(13)14-5-6)15-12(19)7-3-9(17)16-10(18)4-7/h2-5H,1H3,(H,15,19)(H2,16,17,18). The van der Waals surface area contributed by atoms with Crippen LogP contribution in [0.1, 0.15) is 15.9 Å². The molecular formula is C12H10ClN3O3. The highest BCUT2D eigenvalue weighted by molar-refractivity contribution is 6.32. The number of aromatic amines is 1. The fourth-order valence-electron chi connectivity index (χ4n) is 1.49. The van der Waals surface area contributed by atoms with E-state index in [0.29, 0.717) is 5.69 Å². The lowest BCUT2D eigenvalue weighted by atomic mass is 10.2. The number of halogens is 1. The Balaban J connectivity index is 2.30. The van der Waals surface area contributed by atoms with Crippen LogP contribution in [0.4, 0.5) is 5.69 Å². The van der Waals surface area contributed by atoms with Gasteiger partial charge < -0.3 is 10.4 Å². The number of nitrogens with zero attached hydrogens (tertiary/aromatic N) is 1. The lowest BCUT2D eigenvalue weighted by Crippen LogP contribution is -2.16. The van der Waals surface area contributed by atoms with Gasteiger partial charge in [0.15, 0.2) is 11.0 Å². The van der Waals surface area contributed by atoms with Crippen LogP contribution in [0.3, 0.4) is 0 Å². The van der Waals surface area contributed by atoms with Crippen LogP contribution in [0.25, 0.3) is 0 Å². The Morgan fingerprint density at radius 2 is 2.16 bits per heavy atom. The lowest BCUT2D eigenvalue weighted by Gasteiger charge is -2.07. The zero-order chi connectivity index (χ0) is 14.0. The summed E-state index contributed by atoms with van der Waals surface area (Å²) in [6, 6.07) is 3.88. The molecule has 2 aromatic rings. The van der Waals surface area contributed by atoms with E-state index in [-0.39, 0.29) is 16.6 Å². The van der Waals surface area contributed by atoms with Crippen molar-refractivity contribution >= 4 is 23.2 Å². The van der Waals surface area contributed by atoms with E-state index in [1.807, 2.05) is 0 Å². The predicted molar refractivity (Wildman–Crippen MR) is 70.7 cm³/mol. The summed E-state index contributed by atoms with van der Waals surface area (Å²) < 4.78 is 0. The van der Waals surface area contributed by atoms with Gasteiger partial charge in [-0.15, -0.1) is 0 Å². The van der Waals surface area contributed by atoms with E-state index in [9.17, 15) is 14.7 Å². The molecule has 0 aliphatic carbocycles. The Kier molecular flexibility index (Phi) is 3.52. The predicted octanol–water partition coefficient (Wildman–Crippen LogP) is 1.69. The summed E-state index contributed by atoms with van der Waals surface area (Å²) >= 11 is 5.85. The highest BCUT2D eigenvalue weighted by Gasteiger charge is 2.11. The van der Waals surface area contributed by atoms with Crippen LogP contribution < -0.4 is 10.9 Å². The van der Waals surface area contributed by atoms with Gasteiger partial charge in [-0.3, -0.25) is 14.6 Å². The van der Waals surface area contributed by atoms with Crippen molar-refractivity contribution in [1.82, 2.24) is 9.97 Å². The third-order valence-electron chi connectivity index (χ3n) is 2.32. The molecule has 6 nitrogen and oxygen atoms in total. The Bertz CT molecular complexity index is 697. The average Bonchev–Trinajstić information content (AvgIpc) is 2.32. The molecule has 0 spiro atoms. The van der Waals surface area contributed by atoms with Gasteiger partial charge in [-0.25, -0.2) is 4.98 Å². The lowest BCUT2D eigenvalue weighted by molar-refractivity contribution is 0.102. The third kappa shape index (κ3) is 3.11. The number of pyridine rings is 2. The largest absolute Gasteiger partial charge is 0.494 e. The van der Waals surface area contributed by atoms with Crippen molar-refractivity contribution in [3.8, 4) is 5.88 Å². The number of carbonyl (C=O) groups excluding carboxylic acids is 1. The van der Waals surface area contributed by atoms with Gasteiger partial charge in [0.2, 0.25) is 0 Å². The first-order valence-corrected chi connectivity index (χ1v) is 5.70. The van der Waals surface area contributed by atoms with Crippen LogP contribution in [0.5, 0.6) is 5.88 Å². The van der Waals surface area contributed by atoms with Gasteiger partial charge in [-0.05, 0) is 18.6 Å². The zero-order valence-corrected chi connectivity index (χ0v) is 10.7. The molecule has 2 rings (SSSR count). The van der Waals surface area contributed by atoms with E-state index >= 15 is 0 Å². The minimum atomic E-state index is -0.571. The van der Waals surface area contributed by atoms with Crippen LogP contribution in [-0.4, -0.2) is 21.0 Å². The van der Waals surface area contributed by atoms with Crippen molar-refractivity contribution in [3.63, 3.8) is 0 Å². The molecule has 0 saturated carbocycles. The minimum Gasteiger partial charge on any atom is -0.494 e. The molecule has 0 bridgehead atoms. The molecule has 0 radical (unpaired) electrons. The Hall–Kier alpha value is -2.34. The van der Waals surface area contributed by atoms with Crippen molar-refractivity contribution in [2.24, 2.45) is 0 Å². The number of anilines is 1. The summed E-state index contributed by atoms with van der Waals surface area (Å²) in [4.78, 5) is 29.1. The van der Waals surface area contributed by atoms with E-state index in [1.54, 1.807) is 19.2 Å². The number of H-pyrrole nitrogens is 1. The molecule has 1 amide bonds. The van der Waals surface area contributed by atoms with E-state index in [1.165, 1.54) is 0 Å². The number of aromatic hydroxyl groups is 1. The molecule has 0 aliphatic heterocycles. The van der Waals surface area contributed by atoms with Crippen molar-refractivity contribution in [2.75, 3.05) is 5.32 Å². The molecule has 7 heteroatoms. The van der Waals surface area contributed by atoms with Crippen molar-refractivity contribution in [2.45, 2.75) is 6.92 Å². The van der Waals surface area contributed by atoms with Gasteiger partial charge in [0.25, 0.3) is 11.5 Å². The topological polar surface area (TPSA) is 95.1 Å². The van der Waals surface area contributed by atoms with Gasteiger partial charge in [0.1, 0.15) is 0 Å². The van der Waals surface area contributed by atoms with Crippen LogP contribution >= 0.6 is 11.6 Å². The molecule has 0 unspecified atom stereocenters. The number of hydrogen-bond acceptors (Lipinski definition) is 4. The second kappa shape index (κ2) is 5.11. The molecule has 0 aliphatic rings. The first kappa shape index (κ1) is 13.1. The molecule has 2 heterocycles. The maximum atomic E-state index is 11.9. The summed E-state index contributed by atoms with van der Waals surface area (Å²) in [6.45, 7) is 1.80. The second-order valence-electron chi connectivity index (χ2n) is 3.92. The number of carbonyl (C=O) groups is 1. The highest BCUT2D eigenvalue weighted by atomic mass is 35.5. The smallest absolute Gasteiger partial charge is 0.256 e. The SMILES string of the molecule is Cc1cnc(Cl)c(NC(=O)c2cc(O)[nH]c(=O)c2)c1. The summed E-state index contributed by atoms with van der Waals surface area (Å²) in [6.07, 6.45) is 1.57. The minimum absolute atomic E-state index is 0.0267. The van der Waals surface area contributed by atoms with Crippen molar-refractivity contribution < 1.29 is 9.90 Å². The Morgan fingerprint density at radius 3 is 2.84 bits per heavy atom. The maximum absolute atomic E-state index is 11.9. The molecule has 0 aromatic carbocycles. The number of nitrogens with one attached hydrogen (secondary N) is 2. The quantitative estimate of drug-likeness (QED) is 0.729. The van der Waals surface area contributed by atoms with Gasteiger partial charge in [-0.1, -0.05) is 11.6 Å². The molecular weight excluding hydrogens is 270 g/mol. The molecule has 98 valence electrons. The van der Waals surface area contributed by atoms with Crippen molar-refractivity contribution in [3.05, 3.63) is 51.0 Å². The number of aryl methyl sites for hydroxylation is 1. The second-order valence-corrected chi connectivity index (χ2v) is 4.28. The van der Waals surface area contributed by atoms with Crippen LogP contribution in [0, 0.1) is 6.92 Å². The molecule has 0 saturated heterocycles. The molecule has 2 aromatic heterocycles. The summed E-state index contributed by atoms with van der Waals surface area (Å²) in [5.41, 5.74) is 0.623. The van der Waals surface area contributed by atoms with Gasteiger partial charge in [0, 0.05) is 18.3 Å². The fraction of sp³-hybridized carbons (Fsp3) is 0.0833. The van der Waals surface area contributed by atoms with Gasteiger partial charge >= 0.3 is 0 Å². The monoisotopic (exact) mass is 279 g/mol. The first-order valence-electron chi connectivity index (χ1n) is 5.32. The summed E-state index contributed by atoms with van der Waals surface area (Å²) in [5.74, 6) is -0.943. The molecule has 19 heavy (non-hydrogen) atoms. The normalized spacial score (nSPS) is 10.2. The Morgan fingerprint density at radius 1 is 1.42 bits per heavy atom. The zero-order valence-electron chi connectivity index (χ0n) is 9.90. The van der Waals surface area contributed by atoms with Gasteiger partial charge in [0.05, 0.1) is 11.3 Å². The highest BCUT2D eigenvalue weighted by Crippen LogP contribution is 2.20. The molecule has 0 fully saturated rings. The Labute approximate surface area is 113 Å². The van der Waals surface area contributed by atoms with Crippen LogP contribution in [-0.2, 0) is 0 Å². The van der Waals surface area contributed by atoms with E-state index in [2.05, 4.69) is 15.3 Å². The van der Waals surface area contributed by atoms with E-state index < -0.39 is 11.5 Å². The first-order chi connectivity index (χ1) is 8.95. The number of aromatic nitrogens is 2. The van der Waals surface area contributed by atoms with E-state index in [4.69, 9.17) is 11.6 Å². The third-order valence-corrected chi connectivity index (χ3v) is 2.62. The number of amides is 1. The van der Waals surface area contributed by atoms with Crippen molar-refractivity contribution in [1.29, 1.82) is 0 Å². The number of rotatable bonds is 2.